The number of ether oxygens (including phenoxy) is 2. The number of amides is 1. The maximum Gasteiger partial charge on any atom is 0.225 e. The predicted octanol–water partition coefficient (Wildman–Crippen LogP) is 1.01. The summed E-state index contributed by atoms with van der Waals surface area (Å²) in [5.74, 6) is -0.224. The van der Waals surface area contributed by atoms with E-state index in [1.165, 1.54) is 0 Å². The summed E-state index contributed by atoms with van der Waals surface area (Å²) in [5.41, 5.74) is 0. The minimum Gasteiger partial charge on any atom is -0.346 e. The van der Waals surface area contributed by atoms with Crippen molar-refractivity contribution in [2.24, 2.45) is 5.92 Å². The summed E-state index contributed by atoms with van der Waals surface area (Å²) in [5, 5.41) is 0. The number of piperidine rings is 1. The normalized spacial score (nSPS) is 25.1. The molecule has 0 radical (unpaired) electrons. The Bertz CT molecular complexity index is 246. The first-order chi connectivity index (χ1) is 7.13. The Kier molecular flexibility index (Phi) is 2.98. The van der Waals surface area contributed by atoms with E-state index in [-0.39, 0.29) is 11.8 Å². The molecule has 0 N–H and O–H groups in total. The van der Waals surface area contributed by atoms with Crippen molar-refractivity contribution >= 4 is 5.91 Å². The van der Waals surface area contributed by atoms with Gasteiger partial charge >= 0.3 is 0 Å². The van der Waals surface area contributed by atoms with Crippen LogP contribution in [0.5, 0.6) is 0 Å². The van der Waals surface area contributed by atoms with E-state index in [1.54, 1.807) is 0 Å². The molecular weight excluding hydrogens is 194 g/mol. The van der Waals surface area contributed by atoms with Gasteiger partial charge in [0.1, 0.15) is 0 Å². The average molecular weight is 213 g/mol. The first kappa shape index (κ1) is 10.9. The third-order valence-corrected chi connectivity index (χ3v) is 3.04. The van der Waals surface area contributed by atoms with Crippen molar-refractivity contribution in [1.29, 1.82) is 0 Å². The predicted molar refractivity (Wildman–Crippen MR) is 55.3 cm³/mol. The fourth-order valence-corrected chi connectivity index (χ4v) is 2.27. The molecule has 2 heterocycles. The molecule has 2 aliphatic rings. The number of nitrogens with zero attached hydrogens (tertiary/aromatic N) is 1. The summed E-state index contributed by atoms with van der Waals surface area (Å²) in [6.45, 7) is 6.61. The van der Waals surface area contributed by atoms with Crippen LogP contribution in [0.25, 0.3) is 0 Å². The third kappa shape index (κ3) is 2.16. The Balaban J connectivity index is 2.00. The lowest BCUT2D eigenvalue weighted by Gasteiger charge is -2.39. The topological polar surface area (TPSA) is 38.8 Å². The molecule has 2 saturated heterocycles. The van der Waals surface area contributed by atoms with Crippen LogP contribution in [0.2, 0.25) is 0 Å². The number of carbonyl (C=O) groups excluding carboxylic acids is 1. The minimum absolute atomic E-state index is 0.0570. The van der Waals surface area contributed by atoms with Crippen LogP contribution in [-0.4, -0.2) is 42.9 Å². The van der Waals surface area contributed by atoms with Gasteiger partial charge in [-0.25, -0.2) is 0 Å². The van der Waals surface area contributed by atoms with Gasteiger partial charge in [0, 0.05) is 18.9 Å². The molecule has 1 amide bonds. The SMILES string of the molecule is CC(C)C(=O)N1CCCC2(C1)OCCO2. The molecule has 0 unspecified atom stereocenters. The first-order valence-electron chi connectivity index (χ1n) is 5.70. The molecule has 0 atom stereocenters. The van der Waals surface area contributed by atoms with Gasteiger partial charge in [-0.2, -0.15) is 0 Å². The van der Waals surface area contributed by atoms with E-state index in [2.05, 4.69) is 0 Å². The number of likely N-dealkylation sites (tertiary alicyclic amines) is 1. The van der Waals surface area contributed by atoms with Crippen molar-refractivity contribution in [2.45, 2.75) is 32.5 Å². The van der Waals surface area contributed by atoms with Crippen molar-refractivity contribution in [2.75, 3.05) is 26.3 Å². The van der Waals surface area contributed by atoms with Crippen LogP contribution in [0.1, 0.15) is 26.7 Å². The second-order valence-electron chi connectivity index (χ2n) is 4.63. The van der Waals surface area contributed by atoms with Gasteiger partial charge in [-0.15, -0.1) is 0 Å². The van der Waals surface area contributed by atoms with Crippen LogP contribution >= 0.6 is 0 Å². The van der Waals surface area contributed by atoms with Gasteiger partial charge in [0.15, 0.2) is 5.79 Å². The number of hydrogen-bond acceptors (Lipinski definition) is 3. The number of carbonyl (C=O) groups is 1. The van der Waals surface area contributed by atoms with Crippen LogP contribution < -0.4 is 0 Å². The fraction of sp³-hybridized carbons (Fsp3) is 0.909. The van der Waals surface area contributed by atoms with Gasteiger partial charge < -0.3 is 14.4 Å². The minimum atomic E-state index is -0.483. The van der Waals surface area contributed by atoms with Gasteiger partial charge in [0.05, 0.1) is 19.8 Å². The van der Waals surface area contributed by atoms with Gasteiger partial charge in [0.2, 0.25) is 5.91 Å². The third-order valence-electron chi connectivity index (χ3n) is 3.04. The van der Waals surface area contributed by atoms with E-state index in [0.717, 1.165) is 19.4 Å². The van der Waals surface area contributed by atoms with E-state index >= 15 is 0 Å². The zero-order chi connectivity index (χ0) is 10.9. The second-order valence-corrected chi connectivity index (χ2v) is 4.63. The Morgan fingerprint density at radius 1 is 1.33 bits per heavy atom. The molecule has 2 rings (SSSR count). The molecule has 1 spiro atoms. The lowest BCUT2D eigenvalue weighted by molar-refractivity contribution is -0.194. The van der Waals surface area contributed by atoms with Crippen molar-refractivity contribution in [3.63, 3.8) is 0 Å². The van der Waals surface area contributed by atoms with Crippen LogP contribution in [0.3, 0.4) is 0 Å². The molecule has 4 nitrogen and oxygen atoms in total. The molecular formula is C11H19NO3. The lowest BCUT2D eigenvalue weighted by atomic mass is 10.0. The molecule has 0 aromatic heterocycles. The highest BCUT2D eigenvalue weighted by atomic mass is 16.7. The Labute approximate surface area is 90.5 Å². The van der Waals surface area contributed by atoms with E-state index in [4.69, 9.17) is 9.47 Å². The summed E-state index contributed by atoms with van der Waals surface area (Å²) in [6, 6.07) is 0. The highest BCUT2D eigenvalue weighted by Crippen LogP contribution is 2.30. The van der Waals surface area contributed by atoms with Crippen LogP contribution in [0.4, 0.5) is 0 Å². The average Bonchev–Trinajstić information content (AvgIpc) is 2.65. The summed E-state index contributed by atoms with van der Waals surface area (Å²) in [7, 11) is 0. The highest BCUT2D eigenvalue weighted by Gasteiger charge is 2.42. The van der Waals surface area contributed by atoms with Gasteiger partial charge in [0.25, 0.3) is 0 Å². The maximum absolute atomic E-state index is 11.9. The Morgan fingerprint density at radius 3 is 2.60 bits per heavy atom. The van der Waals surface area contributed by atoms with Gasteiger partial charge in [-0.1, -0.05) is 13.8 Å². The zero-order valence-electron chi connectivity index (χ0n) is 9.49. The van der Waals surface area contributed by atoms with Crippen molar-refractivity contribution in [3.05, 3.63) is 0 Å². The van der Waals surface area contributed by atoms with Gasteiger partial charge in [-0.3, -0.25) is 4.79 Å². The molecule has 15 heavy (non-hydrogen) atoms. The second kappa shape index (κ2) is 4.10. The molecule has 86 valence electrons. The lowest BCUT2D eigenvalue weighted by Crippen LogP contribution is -2.51. The summed E-state index contributed by atoms with van der Waals surface area (Å²) < 4.78 is 11.3. The largest absolute Gasteiger partial charge is 0.346 e. The van der Waals surface area contributed by atoms with Crippen LogP contribution in [0.15, 0.2) is 0 Å². The van der Waals surface area contributed by atoms with E-state index in [0.29, 0.717) is 19.8 Å². The molecule has 0 aromatic rings. The maximum atomic E-state index is 11.9. The fourth-order valence-electron chi connectivity index (χ4n) is 2.27. The molecule has 4 heteroatoms. The van der Waals surface area contributed by atoms with Crippen molar-refractivity contribution in [3.8, 4) is 0 Å². The quantitative estimate of drug-likeness (QED) is 0.652. The number of rotatable bonds is 1. The van der Waals surface area contributed by atoms with E-state index in [1.807, 2.05) is 18.7 Å². The van der Waals surface area contributed by atoms with Crippen molar-refractivity contribution in [1.82, 2.24) is 4.90 Å². The molecule has 0 bridgehead atoms. The molecule has 2 aliphatic heterocycles. The standard InChI is InChI=1S/C11H19NO3/c1-9(2)10(13)12-5-3-4-11(8-12)14-6-7-15-11/h9H,3-8H2,1-2H3. The van der Waals surface area contributed by atoms with E-state index in [9.17, 15) is 4.79 Å². The molecule has 2 fully saturated rings. The van der Waals surface area contributed by atoms with Crippen molar-refractivity contribution < 1.29 is 14.3 Å². The Morgan fingerprint density at radius 2 is 2.00 bits per heavy atom. The zero-order valence-corrected chi connectivity index (χ0v) is 9.49. The molecule has 0 aliphatic carbocycles. The molecule has 0 aromatic carbocycles. The van der Waals surface area contributed by atoms with Crippen LogP contribution in [-0.2, 0) is 14.3 Å². The van der Waals surface area contributed by atoms with Crippen LogP contribution in [0, 0.1) is 5.92 Å². The highest BCUT2D eigenvalue weighted by molar-refractivity contribution is 5.78. The summed E-state index contributed by atoms with van der Waals surface area (Å²) in [4.78, 5) is 13.7. The molecule has 0 saturated carbocycles. The first-order valence-corrected chi connectivity index (χ1v) is 5.70. The summed E-state index contributed by atoms with van der Waals surface area (Å²) >= 11 is 0. The smallest absolute Gasteiger partial charge is 0.225 e. The Hall–Kier alpha value is -0.610. The monoisotopic (exact) mass is 213 g/mol. The number of hydrogen-bond donors (Lipinski definition) is 0. The van der Waals surface area contributed by atoms with E-state index < -0.39 is 5.79 Å². The summed E-state index contributed by atoms with van der Waals surface area (Å²) in [6.07, 6.45) is 1.88. The van der Waals surface area contributed by atoms with Gasteiger partial charge in [-0.05, 0) is 6.42 Å².